The molecule has 0 rings (SSSR count). The number of nitrogens with one attached hydrogen (secondary N) is 3. The molecule has 0 bridgehead atoms. The molecule has 32 heavy (non-hydrogen) atoms. The Morgan fingerprint density at radius 2 is 0.719 bits per heavy atom. The molecule has 0 spiro atoms. The molecule has 0 amide bonds. The molecular weight excluding hydrogens is 390 g/mol. The predicted molar refractivity (Wildman–Crippen MR) is 147 cm³/mol. The van der Waals surface area contributed by atoms with Crippen LogP contribution >= 0.6 is 0 Å². The molecule has 0 aromatic rings. The number of rotatable bonds is 28. The minimum absolute atomic E-state index is 0.711. The van der Waals surface area contributed by atoms with E-state index < -0.39 is 0 Å². The second-order valence-electron chi connectivity index (χ2n) is 10.0. The highest BCUT2D eigenvalue weighted by Gasteiger charge is 2.07. The SMILES string of the molecule is CCCCCCCCNCCCC(CCCNCCCCCCCC)NCCCCCC. The number of unbranched alkanes of at least 4 members (excludes halogenated alkanes) is 13. The second-order valence-corrected chi connectivity index (χ2v) is 10.0. The van der Waals surface area contributed by atoms with Crippen LogP contribution in [0.3, 0.4) is 0 Å². The minimum atomic E-state index is 0.711. The lowest BCUT2D eigenvalue weighted by Gasteiger charge is -2.19. The Hall–Kier alpha value is -0.120. The van der Waals surface area contributed by atoms with Crippen LogP contribution < -0.4 is 16.0 Å². The van der Waals surface area contributed by atoms with Crippen LogP contribution in [0.4, 0.5) is 0 Å². The minimum Gasteiger partial charge on any atom is -0.317 e. The van der Waals surface area contributed by atoms with E-state index in [1.807, 2.05) is 0 Å². The fraction of sp³-hybridized carbons (Fsp3) is 1.00. The maximum absolute atomic E-state index is 3.88. The highest BCUT2D eigenvalue weighted by atomic mass is 14.9. The Bertz CT molecular complexity index is 298. The van der Waals surface area contributed by atoms with Crippen molar-refractivity contribution in [2.75, 3.05) is 32.7 Å². The van der Waals surface area contributed by atoms with Crippen molar-refractivity contribution < 1.29 is 0 Å². The fourth-order valence-electron chi connectivity index (χ4n) is 4.46. The van der Waals surface area contributed by atoms with Gasteiger partial charge in [0.05, 0.1) is 0 Å². The molecule has 0 aromatic carbocycles. The monoisotopic (exact) mass is 454 g/mol. The van der Waals surface area contributed by atoms with Crippen LogP contribution in [-0.4, -0.2) is 38.8 Å². The Morgan fingerprint density at radius 1 is 0.375 bits per heavy atom. The molecule has 0 unspecified atom stereocenters. The average Bonchev–Trinajstić information content (AvgIpc) is 2.80. The van der Waals surface area contributed by atoms with Crippen molar-refractivity contribution in [1.29, 1.82) is 0 Å². The summed E-state index contributed by atoms with van der Waals surface area (Å²) < 4.78 is 0. The van der Waals surface area contributed by atoms with Crippen molar-refractivity contribution in [2.45, 2.75) is 155 Å². The van der Waals surface area contributed by atoms with Gasteiger partial charge in [0.25, 0.3) is 0 Å². The molecule has 194 valence electrons. The van der Waals surface area contributed by atoms with Crippen molar-refractivity contribution in [3.8, 4) is 0 Å². The maximum Gasteiger partial charge on any atom is 0.00680 e. The second kappa shape index (κ2) is 28.9. The maximum atomic E-state index is 3.88. The van der Waals surface area contributed by atoms with Gasteiger partial charge in [-0.1, -0.05) is 104 Å². The van der Waals surface area contributed by atoms with Gasteiger partial charge in [-0.05, 0) is 77.7 Å². The molecule has 3 heteroatoms. The molecule has 3 nitrogen and oxygen atoms in total. The topological polar surface area (TPSA) is 36.1 Å². The van der Waals surface area contributed by atoms with Gasteiger partial charge in [0.15, 0.2) is 0 Å². The van der Waals surface area contributed by atoms with E-state index >= 15 is 0 Å². The summed E-state index contributed by atoms with van der Waals surface area (Å²) in [7, 11) is 0. The molecule has 0 saturated carbocycles. The summed E-state index contributed by atoms with van der Waals surface area (Å²) >= 11 is 0. The van der Waals surface area contributed by atoms with Crippen LogP contribution in [-0.2, 0) is 0 Å². The van der Waals surface area contributed by atoms with Crippen LogP contribution in [0.1, 0.15) is 149 Å². The molecule has 0 fully saturated rings. The molecule has 0 radical (unpaired) electrons. The van der Waals surface area contributed by atoms with E-state index in [0.29, 0.717) is 6.04 Å². The fourth-order valence-corrected chi connectivity index (χ4v) is 4.46. The van der Waals surface area contributed by atoms with Crippen molar-refractivity contribution >= 4 is 0 Å². The standard InChI is InChI=1S/C29H63N3/c1-4-7-10-13-15-17-24-30-26-20-22-29(32-28-19-12-9-6-3)23-21-27-31-25-18-16-14-11-8-5-2/h29-32H,4-28H2,1-3H3. The van der Waals surface area contributed by atoms with Crippen molar-refractivity contribution in [2.24, 2.45) is 0 Å². The van der Waals surface area contributed by atoms with Gasteiger partial charge in [0, 0.05) is 6.04 Å². The molecule has 0 aliphatic heterocycles. The van der Waals surface area contributed by atoms with Crippen LogP contribution in [0.2, 0.25) is 0 Å². The third-order valence-corrected chi connectivity index (χ3v) is 6.69. The zero-order valence-corrected chi connectivity index (χ0v) is 22.8. The molecule has 0 aliphatic carbocycles. The van der Waals surface area contributed by atoms with E-state index in [9.17, 15) is 0 Å². The van der Waals surface area contributed by atoms with Crippen molar-refractivity contribution in [3.05, 3.63) is 0 Å². The molecule has 3 N–H and O–H groups in total. The molecule has 0 heterocycles. The smallest absolute Gasteiger partial charge is 0.00680 e. The van der Waals surface area contributed by atoms with E-state index in [-0.39, 0.29) is 0 Å². The third-order valence-electron chi connectivity index (χ3n) is 6.69. The summed E-state index contributed by atoms with van der Waals surface area (Å²) in [6, 6.07) is 0.711. The first-order valence-electron chi connectivity index (χ1n) is 15.0. The molecular formula is C29H63N3. The van der Waals surface area contributed by atoms with Crippen LogP contribution in [0.5, 0.6) is 0 Å². The van der Waals surface area contributed by atoms with E-state index in [0.717, 1.165) is 0 Å². The van der Waals surface area contributed by atoms with Gasteiger partial charge in [-0.25, -0.2) is 0 Å². The van der Waals surface area contributed by atoms with Crippen LogP contribution in [0.25, 0.3) is 0 Å². The van der Waals surface area contributed by atoms with Gasteiger partial charge in [0.1, 0.15) is 0 Å². The quantitative estimate of drug-likeness (QED) is 0.105. The zero-order valence-electron chi connectivity index (χ0n) is 22.8. The summed E-state index contributed by atoms with van der Waals surface area (Å²) in [5.41, 5.74) is 0. The molecule has 0 aromatic heterocycles. The van der Waals surface area contributed by atoms with Gasteiger partial charge in [0.2, 0.25) is 0 Å². The molecule has 0 saturated heterocycles. The van der Waals surface area contributed by atoms with Gasteiger partial charge in [-0.3, -0.25) is 0 Å². The highest BCUT2D eigenvalue weighted by molar-refractivity contribution is 4.69. The van der Waals surface area contributed by atoms with Crippen LogP contribution in [0, 0.1) is 0 Å². The summed E-state index contributed by atoms with van der Waals surface area (Å²) in [4.78, 5) is 0. The Kier molecular flexibility index (Phi) is 28.8. The lowest BCUT2D eigenvalue weighted by Crippen LogP contribution is -2.32. The van der Waals surface area contributed by atoms with Crippen molar-refractivity contribution in [3.63, 3.8) is 0 Å². The largest absolute Gasteiger partial charge is 0.317 e. The number of hydrogen-bond donors (Lipinski definition) is 3. The zero-order chi connectivity index (χ0) is 23.4. The highest BCUT2D eigenvalue weighted by Crippen LogP contribution is 2.08. The van der Waals surface area contributed by atoms with E-state index in [4.69, 9.17) is 0 Å². The predicted octanol–water partition coefficient (Wildman–Crippen LogP) is 7.99. The van der Waals surface area contributed by atoms with Gasteiger partial charge in [-0.2, -0.15) is 0 Å². The van der Waals surface area contributed by atoms with E-state index in [2.05, 4.69) is 36.7 Å². The Balaban J connectivity index is 3.74. The number of hydrogen-bond acceptors (Lipinski definition) is 3. The van der Waals surface area contributed by atoms with E-state index in [1.54, 1.807) is 0 Å². The van der Waals surface area contributed by atoms with E-state index in [1.165, 1.54) is 161 Å². The molecule has 0 atom stereocenters. The summed E-state index contributed by atoms with van der Waals surface area (Å²) in [6.07, 6.45) is 27.5. The van der Waals surface area contributed by atoms with Crippen LogP contribution in [0.15, 0.2) is 0 Å². The lowest BCUT2D eigenvalue weighted by molar-refractivity contribution is 0.412. The normalized spacial score (nSPS) is 11.6. The summed E-state index contributed by atoms with van der Waals surface area (Å²) in [5.74, 6) is 0. The average molecular weight is 454 g/mol. The van der Waals surface area contributed by atoms with Crippen molar-refractivity contribution in [1.82, 2.24) is 16.0 Å². The third kappa shape index (κ3) is 26.1. The molecule has 0 aliphatic rings. The summed E-state index contributed by atoms with van der Waals surface area (Å²) in [5, 5.41) is 11.3. The first-order chi connectivity index (χ1) is 15.8. The van der Waals surface area contributed by atoms with Gasteiger partial charge < -0.3 is 16.0 Å². The lowest BCUT2D eigenvalue weighted by atomic mass is 10.0. The summed E-state index contributed by atoms with van der Waals surface area (Å²) in [6.45, 7) is 12.9. The first kappa shape index (κ1) is 31.9. The Morgan fingerprint density at radius 3 is 1.19 bits per heavy atom. The first-order valence-corrected chi connectivity index (χ1v) is 15.0. The Labute approximate surface area is 204 Å². The van der Waals surface area contributed by atoms with Gasteiger partial charge >= 0.3 is 0 Å². The van der Waals surface area contributed by atoms with Gasteiger partial charge in [-0.15, -0.1) is 0 Å².